The zero-order valence-electron chi connectivity index (χ0n) is 12.2. The molecule has 2 rings (SSSR count). The Balaban J connectivity index is 2.09. The van der Waals surface area contributed by atoms with Gasteiger partial charge in [0.15, 0.2) is 0 Å². The van der Waals surface area contributed by atoms with Crippen molar-refractivity contribution in [3.8, 4) is 0 Å². The number of likely N-dealkylation sites (tertiary alicyclic amines) is 1. The van der Waals surface area contributed by atoms with E-state index in [0.29, 0.717) is 18.8 Å². The Morgan fingerprint density at radius 1 is 1.43 bits per heavy atom. The molecule has 6 heteroatoms. The Labute approximate surface area is 123 Å². The molecule has 2 amide bonds. The maximum absolute atomic E-state index is 12.2. The first-order chi connectivity index (χ1) is 9.88. The Morgan fingerprint density at radius 3 is 2.71 bits per heavy atom. The number of rotatable bonds is 3. The predicted molar refractivity (Wildman–Crippen MR) is 78.5 cm³/mol. The molecule has 1 fully saturated rings. The maximum atomic E-state index is 12.2. The fourth-order valence-corrected chi connectivity index (χ4v) is 2.50. The van der Waals surface area contributed by atoms with Gasteiger partial charge in [-0.05, 0) is 32.4 Å². The van der Waals surface area contributed by atoms with Crippen LogP contribution in [0.5, 0.6) is 0 Å². The second-order valence-electron chi connectivity index (χ2n) is 5.52. The number of anilines is 1. The predicted octanol–water partition coefficient (Wildman–Crippen LogP) is 1.93. The van der Waals surface area contributed by atoms with Crippen molar-refractivity contribution in [2.75, 3.05) is 18.4 Å². The van der Waals surface area contributed by atoms with Crippen LogP contribution >= 0.6 is 0 Å². The van der Waals surface area contributed by atoms with Crippen molar-refractivity contribution in [2.45, 2.75) is 26.4 Å². The lowest BCUT2D eigenvalue weighted by molar-refractivity contribution is 0.0698. The van der Waals surface area contributed by atoms with Crippen molar-refractivity contribution in [2.24, 2.45) is 5.92 Å². The summed E-state index contributed by atoms with van der Waals surface area (Å²) in [6, 6.07) is 4.55. The molecule has 1 aromatic carbocycles. The number of urea groups is 1. The minimum atomic E-state index is -1.07. The number of hydrogen-bond donors (Lipinski definition) is 3. The highest BCUT2D eigenvalue weighted by molar-refractivity contribution is 6.00. The highest BCUT2D eigenvalue weighted by Crippen LogP contribution is 2.22. The van der Waals surface area contributed by atoms with Gasteiger partial charge in [-0.2, -0.15) is 0 Å². The number of hydrogen-bond acceptors (Lipinski definition) is 3. The number of aromatic carboxylic acids is 1. The molecule has 1 aliphatic heterocycles. The van der Waals surface area contributed by atoms with E-state index in [1.807, 2.05) is 0 Å². The summed E-state index contributed by atoms with van der Waals surface area (Å²) in [7, 11) is 0. The Hall–Kier alpha value is -2.08. The average molecular weight is 292 g/mol. The van der Waals surface area contributed by atoms with E-state index >= 15 is 0 Å². The summed E-state index contributed by atoms with van der Waals surface area (Å²) in [5.41, 5.74) is 1.19. The normalized spacial score (nSPS) is 19.4. The van der Waals surface area contributed by atoms with Crippen molar-refractivity contribution in [1.29, 1.82) is 0 Å². The van der Waals surface area contributed by atoms with Crippen LogP contribution in [0.25, 0.3) is 0 Å². The Kier molecular flexibility index (Phi) is 4.47. The van der Waals surface area contributed by atoms with Gasteiger partial charge in [0, 0.05) is 19.0 Å². The number of aryl methyl sites for hydroxylation is 1. The monoisotopic (exact) mass is 292 g/mol. The molecular formula is C15H20N2O4. The number of carboxylic acids is 1. The number of carbonyl (C=O) groups excluding carboxylic acids is 1. The van der Waals surface area contributed by atoms with E-state index in [2.05, 4.69) is 5.32 Å². The van der Waals surface area contributed by atoms with Crippen LogP contribution in [0.3, 0.4) is 0 Å². The van der Waals surface area contributed by atoms with Gasteiger partial charge in [0.25, 0.3) is 0 Å². The van der Waals surface area contributed by atoms with Crippen LogP contribution in [-0.2, 0) is 0 Å². The lowest BCUT2D eigenvalue weighted by Crippen LogP contribution is -2.34. The number of benzene rings is 1. The Bertz CT molecular complexity index is 557. The second kappa shape index (κ2) is 6.13. The second-order valence-corrected chi connectivity index (χ2v) is 5.52. The van der Waals surface area contributed by atoms with Crippen LogP contribution in [0.2, 0.25) is 0 Å². The lowest BCUT2D eigenvalue weighted by atomic mass is 10.0. The van der Waals surface area contributed by atoms with E-state index in [1.165, 1.54) is 6.07 Å². The average Bonchev–Trinajstić information content (AvgIpc) is 2.90. The smallest absolute Gasteiger partial charge is 0.337 e. The molecule has 1 heterocycles. The van der Waals surface area contributed by atoms with Gasteiger partial charge in [0.2, 0.25) is 0 Å². The number of carboxylic acid groups (broad SMARTS) is 1. The molecule has 1 aromatic rings. The minimum absolute atomic E-state index is 0.0766. The molecular weight excluding hydrogens is 272 g/mol. The maximum Gasteiger partial charge on any atom is 0.337 e. The molecule has 0 bridgehead atoms. The number of carbonyl (C=O) groups is 2. The zero-order chi connectivity index (χ0) is 15.6. The molecule has 0 radical (unpaired) electrons. The third kappa shape index (κ3) is 3.52. The summed E-state index contributed by atoms with van der Waals surface area (Å²) < 4.78 is 0. The molecule has 0 spiro atoms. The molecule has 0 saturated carbocycles. The first-order valence-electron chi connectivity index (χ1n) is 6.96. The van der Waals surface area contributed by atoms with Crippen LogP contribution in [0.1, 0.15) is 29.3 Å². The molecule has 0 aliphatic carbocycles. The fourth-order valence-electron chi connectivity index (χ4n) is 2.50. The minimum Gasteiger partial charge on any atom is -0.478 e. The van der Waals surface area contributed by atoms with Crippen molar-refractivity contribution in [1.82, 2.24) is 4.90 Å². The first kappa shape index (κ1) is 15.3. The number of aliphatic hydroxyl groups is 1. The largest absolute Gasteiger partial charge is 0.478 e. The van der Waals surface area contributed by atoms with E-state index in [-0.39, 0.29) is 17.5 Å². The molecule has 1 aliphatic rings. The van der Waals surface area contributed by atoms with E-state index in [1.54, 1.807) is 30.9 Å². The molecule has 0 aromatic heterocycles. The van der Waals surface area contributed by atoms with E-state index in [0.717, 1.165) is 12.0 Å². The van der Waals surface area contributed by atoms with E-state index in [4.69, 9.17) is 0 Å². The summed E-state index contributed by atoms with van der Waals surface area (Å²) in [5.74, 6) is -0.995. The van der Waals surface area contributed by atoms with Crippen molar-refractivity contribution < 1.29 is 19.8 Å². The van der Waals surface area contributed by atoms with Crippen molar-refractivity contribution in [3.05, 3.63) is 29.3 Å². The van der Waals surface area contributed by atoms with Gasteiger partial charge in [0.1, 0.15) is 0 Å². The van der Waals surface area contributed by atoms with Crippen LogP contribution in [0.15, 0.2) is 18.2 Å². The molecule has 2 unspecified atom stereocenters. The van der Waals surface area contributed by atoms with Gasteiger partial charge < -0.3 is 20.4 Å². The van der Waals surface area contributed by atoms with Crippen molar-refractivity contribution >= 4 is 17.7 Å². The quantitative estimate of drug-likeness (QED) is 0.794. The molecule has 2 atom stereocenters. The molecule has 6 nitrogen and oxygen atoms in total. The number of amides is 2. The van der Waals surface area contributed by atoms with E-state index in [9.17, 15) is 19.8 Å². The topological polar surface area (TPSA) is 89.9 Å². The highest BCUT2D eigenvalue weighted by Gasteiger charge is 2.29. The van der Waals surface area contributed by atoms with Gasteiger partial charge in [-0.3, -0.25) is 0 Å². The molecule has 114 valence electrons. The van der Waals surface area contributed by atoms with Gasteiger partial charge in [0.05, 0.1) is 17.4 Å². The summed E-state index contributed by atoms with van der Waals surface area (Å²) in [6.45, 7) is 4.56. The fraction of sp³-hybridized carbons (Fsp3) is 0.467. The molecule has 3 N–H and O–H groups in total. The standard InChI is InChI=1S/C15H20N2O4/c1-9-3-4-13(12(7-9)14(19)20)16-15(21)17-6-5-11(8-17)10(2)18/h3-4,7,10-11,18H,5-6,8H2,1-2H3,(H,16,21)(H,19,20). The molecule has 21 heavy (non-hydrogen) atoms. The first-order valence-corrected chi connectivity index (χ1v) is 6.96. The van der Waals surface area contributed by atoms with E-state index < -0.39 is 12.1 Å². The van der Waals surface area contributed by atoms with Crippen LogP contribution in [-0.4, -0.2) is 46.3 Å². The Morgan fingerprint density at radius 2 is 2.14 bits per heavy atom. The van der Waals surface area contributed by atoms with Gasteiger partial charge >= 0.3 is 12.0 Å². The van der Waals surface area contributed by atoms with Crippen LogP contribution in [0.4, 0.5) is 10.5 Å². The summed E-state index contributed by atoms with van der Waals surface area (Å²) >= 11 is 0. The third-order valence-corrected chi connectivity index (χ3v) is 3.84. The number of nitrogens with zero attached hydrogens (tertiary/aromatic N) is 1. The number of aliphatic hydroxyl groups excluding tert-OH is 1. The summed E-state index contributed by atoms with van der Waals surface area (Å²) in [5, 5.41) is 21.4. The molecule has 1 saturated heterocycles. The van der Waals surface area contributed by atoms with Crippen LogP contribution in [0, 0.1) is 12.8 Å². The lowest BCUT2D eigenvalue weighted by Gasteiger charge is -2.19. The number of nitrogens with one attached hydrogen (secondary N) is 1. The van der Waals surface area contributed by atoms with Crippen LogP contribution < -0.4 is 5.32 Å². The third-order valence-electron chi connectivity index (χ3n) is 3.84. The SMILES string of the molecule is Cc1ccc(NC(=O)N2CCC(C(C)O)C2)c(C(=O)O)c1. The van der Waals surface area contributed by atoms with Gasteiger partial charge in [-0.1, -0.05) is 11.6 Å². The zero-order valence-corrected chi connectivity index (χ0v) is 12.2. The van der Waals surface area contributed by atoms with Crippen molar-refractivity contribution in [3.63, 3.8) is 0 Å². The highest BCUT2D eigenvalue weighted by atomic mass is 16.4. The van der Waals surface area contributed by atoms with Gasteiger partial charge in [-0.25, -0.2) is 9.59 Å². The summed E-state index contributed by atoms with van der Waals surface area (Å²) in [6.07, 6.45) is 0.307. The summed E-state index contributed by atoms with van der Waals surface area (Å²) in [4.78, 5) is 25.0. The van der Waals surface area contributed by atoms with Gasteiger partial charge in [-0.15, -0.1) is 0 Å².